The Labute approximate surface area is 105 Å². The van der Waals surface area contributed by atoms with E-state index < -0.39 is 10.0 Å². The highest BCUT2D eigenvalue weighted by molar-refractivity contribution is 7.91. The molecule has 1 N–H and O–H groups in total. The molecule has 0 aromatic carbocycles. The summed E-state index contributed by atoms with van der Waals surface area (Å²) in [4.78, 5) is 7.65. The zero-order valence-electron chi connectivity index (χ0n) is 7.75. The number of rotatable bonds is 4. The van der Waals surface area contributed by atoms with Gasteiger partial charge in [-0.2, -0.15) is 0 Å². The van der Waals surface area contributed by atoms with Crippen molar-refractivity contribution in [2.45, 2.75) is 10.8 Å². The van der Waals surface area contributed by atoms with E-state index in [0.717, 1.165) is 11.3 Å². The first-order valence-electron chi connectivity index (χ1n) is 4.06. The predicted molar refractivity (Wildman–Crippen MR) is 63.3 cm³/mol. The molecule has 0 aliphatic rings. The SMILES string of the molecule is O=S(=O)(NCc1cscn1)c1cnc(Cl)s1. The first kappa shape index (κ1) is 11.9. The maximum atomic E-state index is 11.7. The Morgan fingerprint density at radius 2 is 2.25 bits per heavy atom. The van der Waals surface area contributed by atoms with E-state index >= 15 is 0 Å². The number of hydrogen-bond acceptors (Lipinski definition) is 6. The molecule has 0 saturated carbocycles. The Balaban J connectivity index is 2.09. The second-order valence-corrected chi connectivity index (χ2v) is 7.06. The van der Waals surface area contributed by atoms with E-state index in [1.807, 2.05) is 0 Å². The molecular formula is C7H6ClN3O2S3. The van der Waals surface area contributed by atoms with Crippen LogP contribution < -0.4 is 4.72 Å². The monoisotopic (exact) mass is 295 g/mol. The van der Waals surface area contributed by atoms with Crippen molar-refractivity contribution in [3.63, 3.8) is 0 Å². The zero-order valence-corrected chi connectivity index (χ0v) is 11.0. The summed E-state index contributed by atoms with van der Waals surface area (Å²) in [7, 11) is -3.53. The Kier molecular flexibility index (Phi) is 3.55. The topological polar surface area (TPSA) is 72.0 Å². The molecule has 2 aromatic rings. The summed E-state index contributed by atoms with van der Waals surface area (Å²) in [5.74, 6) is 0. The van der Waals surface area contributed by atoms with Gasteiger partial charge in [0.05, 0.1) is 23.9 Å². The van der Waals surface area contributed by atoms with Gasteiger partial charge in [0.25, 0.3) is 10.0 Å². The molecule has 0 aliphatic carbocycles. The van der Waals surface area contributed by atoms with Crippen molar-refractivity contribution in [3.05, 3.63) is 27.2 Å². The van der Waals surface area contributed by atoms with Gasteiger partial charge in [-0.1, -0.05) is 22.9 Å². The summed E-state index contributed by atoms with van der Waals surface area (Å²) in [5, 5.41) is 1.78. The van der Waals surface area contributed by atoms with E-state index in [4.69, 9.17) is 11.6 Å². The van der Waals surface area contributed by atoms with E-state index in [9.17, 15) is 8.42 Å². The highest BCUT2D eigenvalue weighted by Gasteiger charge is 2.17. The van der Waals surface area contributed by atoms with Crippen LogP contribution in [0, 0.1) is 0 Å². The smallest absolute Gasteiger partial charge is 0.248 e. The lowest BCUT2D eigenvalue weighted by Crippen LogP contribution is -2.22. The minimum Gasteiger partial charge on any atom is -0.248 e. The third-order valence-electron chi connectivity index (χ3n) is 1.65. The summed E-state index contributed by atoms with van der Waals surface area (Å²) < 4.78 is 26.2. The standard InChI is InChI=1S/C7H6ClN3O2S3/c8-7-9-2-6(15-7)16(12,13)11-1-5-3-14-4-10-5/h2-4,11H,1H2. The van der Waals surface area contributed by atoms with Gasteiger partial charge in [0, 0.05) is 5.38 Å². The number of nitrogens with one attached hydrogen (secondary N) is 1. The molecule has 86 valence electrons. The largest absolute Gasteiger partial charge is 0.252 e. The second kappa shape index (κ2) is 4.76. The van der Waals surface area contributed by atoms with Crippen LogP contribution in [-0.4, -0.2) is 18.4 Å². The van der Waals surface area contributed by atoms with Gasteiger partial charge in [-0.15, -0.1) is 11.3 Å². The lowest BCUT2D eigenvalue weighted by atomic mass is 10.5. The van der Waals surface area contributed by atoms with Crippen LogP contribution in [0.25, 0.3) is 0 Å². The van der Waals surface area contributed by atoms with Crippen molar-refractivity contribution in [3.8, 4) is 0 Å². The average molecular weight is 296 g/mol. The Hall–Kier alpha value is -0.540. The van der Waals surface area contributed by atoms with E-state index in [2.05, 4.69) is 14.7 Å². The first-order valence-corrected chi connectivity index (χ1v) is 7.68. The molecule has 0 unspecified atom stereocenters. The molecule has 2 rings (SSSR count). The van der Waals surface area contributed by atoms with E-state index in [-0.39, 0.29) is 15.2 Å². The molecule has 9 heteroatoms. The molecule has 0 saturated heterocycles. The zero-order chi connectivity index (χ0) is 11.6. The fourth-order valence-electron chi connectivity index (χ4n) is 0.928. The van der Waals surface area contributed by atoms with E-state index in [0.29, 0.717) is 5.69 Å². The van der Waals surface area contributed by atoms with Crippen LogP contribution in [0.5, 0.6) is 0 Å². The van der Waals surface area contributed by atoms with Gasteiger partial charge in [0.15, 0.2) is 8.68 Å². The van der Waals surface area contributed by atoms with Gasteiger partial charge in [-0.25, -0.2) is 23.1 Å². The molecule has 2 aromatic heterocycles. The van der Waals surface area contributed by atoms with Gasteiger partial charge >= 0.3 is 0 Å². The summed E-state index contributed by atoms with van der Waals surface area (Å²) in [5.41, 5.74) is 2.33. The molecule has 16 heavy (non-hydrogen) atoms. The van der Waals surface area contributed by atoms with Crippen molar-refractivity contribution in [1.29, 1.82) is 0 Å². The highest BCUT2D eigenvalue weighted by atomic mass is 35.5. The first-order chi connectivity index (χ1) is 7.58. The maximum Gasteiger partial charge on any atom is 0.252 e. The third-order valence-corrected chi connectivity index (χ3v) is 5.26. The van der Waals surface area contributed by atoms with Crippen LogP contribution in [0.3, 0.4) is 0 Å². The van der Waals surface area contributed by atoms with Crippen LogP contribution in [0.2, 0.25) is 4.47 Å². The number of nitrogens with zero attached hydrogens (tertiary/aromatic N) is 2. The van der Waals surface area contributed by atoms with Crippen molar-refractivity contribution < 1.29 is 8.42 Å². The summed E-state index contributed by atoms with van der Waals surface area (Å²) in [6.45, 7) is 0.168. The second-order valence-electron chi connectivity index (χ2n) is 2.74. The summed E-state index contributed by atoms with van der Waals surface area (Å²) in [6.07, 6.45) is 1.23. The van der Waals surface area contributed by atoms with Crippen LogP contribution in [0.1, 0.15) is 5.69 Å². The van der Waals surface area contributed by atoms with Crippen LogP contribution in [-0.2, 0) is 16.6 Å². The van der Waals surface area contributed by atoms with Crippen molar-refractivity contribution in [1.82, 2.24) is 14.7 Å². The normalized spacial score (nSPS) is 11.8. The number of sulfonamides is 1. The van der Waals surface area contributed by atoms with Crippen LogP contribution in [0.15, 0.2) is 21.3 Å². The van der Waals surface area contributed by atoms with Gasteiger partial charge in [0.2, 0.25) is 0 Å². The minimum absolute atomic E-state index is 0.104. The fourth-order valence-corrected chi connectivity index (χ4v) is 3.82. The average Bonchev–Trinajstić information content (AvgIpc) is 2.85. The third kappa shape index (κ3) is 2.77. The van der Waals surface area contributed by atoms with Crippen molar-refractivity contribution in [2.24, 2.45) is 0 Å². The molecule has 0 spiro atoms. The minimum atomic E-state index is -3.53. The molecule has 0 bridgehead atoms. The summed E-state index contributed by atoms with van der Waals surface area (Å²) >= 11 is 7.90. The van der Waals surface area contributed by atoms with Crippen molar-refractivity contribution in [2.75, 3.05) is 0 Å². The van der Waals surface area contributed by atoms with E-state index in [1.165, 1.54) is 17.5 Å². The highest BCUT2D eigenvalue weighted by Crippen LogP contribution is 2.22. The van der Waals surface area contributed by atoms with Crippen molar-refractivity contribution >= 4 is 44.3 Å². The molecule has 0 aliphatic heterocycles. The molecule has 5 nitrogen and oxygen atoms in total. The number of hydrogen-bond donors (Lipinski definition) is 1. The number of aromatic nitrogens is 2. The van der Waals surface area contributed by atoms with Crippen LogP contribution in [0.4, 0.5) is 0 Å². The fraction of sp³-hybridized carbons (Fsp3) is 0.143. The van der Waals surface area contributed by atoms with Gasteiger partial charge in [-0.05, 0) is 0 Å². The lowest BCUT2D eigenvalue weighted by Gasteiger charge is -2.01. The number of thiazole rings is 2. The molecule has 0 amide bonds. The molecule has 0 atom stereocenters. The molecule has 0 radical (unpaired) electrons. The molecule has 0 fully saturated rings. The van der Waals surface area contributed by atoms with Gasteiger partial charge < -0.3 is 0 Å². The number of halogens is 1. The lowest BCUT2D eigenvalue weighted by molar-refractivity contribution is 0.582. The van der Waals surface area contributed by atoms with Crippen LogP contribution >= 0.6 is 34.3 Å². The molecule has 2 heterocycles. The Morgan fingerprint density at radius 3 is 2.81 bits per heavy atom. The summed E-state index contributed by atoms with van der Waals surface area (Å²) in [6, 6.07) is 0. The van der Waals surface area contributed by atoms with Gasteiger partial charge in [-0.3, -0.25) is 0 Å². The Morgan fingerprint density at radius 1 is 1.44 bits per heavy atom. The van der Waals surface area contributed by atoms with Gasteiger partial charge in [0.1, 0.15) is 0 Å². The van der Waals surface area contributed by atoms with E-state index in [1.54, 1.807) is 10.9 Å². The predicted octanol–water partition coefficient (Wildman–Crippen LogP) is 1.73. The Bertz CT molecular complexity index is 563. The quantitative estimate of drug-likeness (QED) is 0.932. The maximum absolute atomic E-state index is 11.7. The molecular weight excluding hydrogens is 290 g/mol.